The summed E-state index contributed by atoms with van der Waals surface area (Å²) in [6.07, 6.45) is 0. The second-order valence-corrected chi connectivity index (χ2v) is 5.26. The summed E-state index contributed by atoms with van der Waals surface area (Å²) in [6.45, 7) is 0. The van der Waals surface area contributed by atoms with Crippen LogP contribution < -0.4 is 0 Å². The van der Waals surface area contributed by atoms with E-state index in [0.29, 0.717) is 10.6 Å². The first-order valence-corrected chi connectivity index (χ1v) is 6.83. The smallest absolute Gasteiger partial charge is 0.336 e. The number of hydrogen-bond acceptors (Lipinski definition) is 2. The zero-order valence-electron chi connectivity index (χ0n) is 9.77. The number of carbonyl (C=O) groups is 1. The highest BCUT2D eigenvalue weighted by Gasteiger charge is 2.09. The monoisotopic (exact) mass is 296 g/mol. The van der Waals surface area contributed by atoms with Crippen molar-refractivity contribution in [2.24, 2.45) is 0 Å². The Balaban J connectivity index is 2.14. The van der Waals surface area contributed by atoms with E-state index in [1.54, 1.807) is 30.3 Å². The molecular formula is C14H10ClFO2S. The predicted molar refractivity (Wildman–Crippen MR) is 74.4 cm³/mol. The van der Waals surface area contributed by atoms with E-state index in [9.17, 15) is 9.18 Å². The van der Waals surface area contributed by atoms with Crippen LogP contribution >= 0.6 is 23.4 Å². The molecular weight excluding hydrogens is 287 g/mol. The highest BCUT2D eigenvalue weighted by Crippen LogP contribution is 2.27. The molecule has 0 aliphatic carbocycles. The van der Waals surface area contributed by atoms with Crippen molar-refractivity contribution in [3.63, 3.8) is 0 Å². The molecule has 0 atom stereocenters. The molecule has 0 saturated heterocycles. The van der Waals surface area contributed by atoms with Crippen LogP contribution in [0.25, 0.3) is 0 Å². The number of benzene rings is 2. The molecule has 5 heteroatoms. The van der Waals surface area contributed by atoms with Gasteiger partial charge in [0.05, 0.1) is 10.6 Å². The summed E-state index contributed by atoms with van der Waals surface area (Å²) in [6, 6.07) is 11.3. The maximum atomic E-state index is 13.3. The molecule has 0 radical (unpaired) electrons. The van der Waals surface area contributed by atoms with Crippen LogP contribution in [0.1, 0.15) is 15.9 Å². The second-order valence-electron chi connectivity index (χ2n) is 3.84. The summed E-state index contributed by atoms with van der Waals surface area (Å²) in [4.78, 5) is 11.7. The van der Waals surface area contributed by atoms with Gasteiger partial charge in [-0.05, 0) is 29.8 Å². The van der Waals surface area contributed by atoms with E-state index >= 15 is 0 Å². The SMILES string of the molecule is O=C(O)c1ccccc1SCc1ccc(Cl)c(F)c1. The van der Waals surface area contributed by atoms with Crippen LogP contribution in [0.5, 0.6) is 0 Å². The predicted octanol–water partition coefficient (Wildman–Crippen LogP) is 4.47. The summed E-state index contributed by atoms with van der Waals surface area (Å²) >= 11 is 6.96. The van der Waals surface area contributed by atoms with Gasteiger partial charge in [-0.1, -0.05) is 29.8 Å². The van der Waals surface area contributed by atoms with Crippen LogP contribution in [0.2, 0.25) is 5.02 Å². The molecule has 0 spiro atoms. The number of halogens is 2. The summed E-state index contributed by atoms with van der Waals surface area (Å²) in [7, 11) is 0. The molecule has 0 bridgehead atoms. The molecule has 0 unspecified atom stereocenters. The zero-order chi connectivity index (χ0) is 13.8. The molecule has 2 aromatic carbocycles. The minimum absolute atomic E-state index is 0.0830. The third kappa shape index (κ3) is 3.49. The molecule has 19 heavy (non-hydrogen) atoms. The minimum atomic E-state index is -0.967. The first-order valence-electron chi connectivity index (χ1n) is 5.47. The van der Waals surface area contributed by atoms with Gasteiger partial charge < -0.3 is 5.11 Å². The fourth-order valence-corrected chi connectivity index (χ4v) is 2.66. The van der Waals surface area contributed by atoms with E-state index in [0.717, 1.165) is 5.56 Å². The van der Waals surface area contributed by atoms with Gasteiger partial charge in [-0.25, -0.2) is 9.18 Å². The Morgan fingerprint density at radius 3 is 2.68 bits per heavy atom. The van der Waals surface area contributed by atoms with Gasteiger partial charge in [-0.3, -0.25) is 0 Å². The van der Waals surface area contributed by atoms with E-state index in [1.807, 2.05) is 0 Å². The van der Waals surface area contributed by atoms with Crippen LogP contribution in [0.3, 0.4) is 0 Å². The van der Waals surface area contributed by atoms with Crippen molar-refractivity contribution in [2.45, 2.75) is 10.6 Å². The molecule has 98 valence electrons. The third-order valence-corrected chi connectivity index (χ3v) is 3.95. The molecule has 1 N–H and O–H groups in total. The topological polar surface area (TPSA) is 37.3 Å². The lowest BCUT2D eigenvalue weighted by atomic mass is 10.2. The molecule has 0 aromatic heterocycles. The van der Waals surface area contributed by atoms with Gasteiger partial charge in [0, 0.05) is 10.6 Å². The fourth-order valence-electron chi connectivity index (χ4n) is 1.56. The Bertz CT molecular complexity index is 616. The average Bonchev–Trinajstić information content (AvgIpc) is 2.40. The molecule has 2 nitrogen and oxygen atoms in total. The number of thioether (sulfide) groups is 1. The van der Waals surface area contributed by atoms with Gasteiger partial charge in [0.25, 0.3) is 0 Å². The maximum Gasteiger partial charge on any atom is 0.336 e. The second kappa shape index (κ2) is 6.08. The molecule has 0 aliphatic heterocycles. The Labute approximate surface area is 119 Å². The Kier molecular flexibility index (Phi) is 4.45. The van der Waals surface area contributed by atoms with Gasteiger partial charge >= 0.3 is 5.97 Å². The molecule has 0 saturated carbocycles. The standard InChI is InChI=1S/C14H10ClFO2S/c15-11-6-5-9(7-12(11)16)8-19-13-4-2-1-3-10(13)14(17)18/h1-7H,8H2,(H,17,18). The van der Waals surface area contributed by atoms with Crippen LogP contribution in [-0.2, 0) is 5.75 Å². The summed E-state index contributed by atoms with van der Waals surface area (Å²) < 4.78 is 13.3. The lowest BCUT2D eigenvalue weighted by molar-refractivity contribution is 0.0693. The third-order valence-electron chi connectivity index (χ3n) is 2.50. The van der Waals surface area contributed by atoms with E-state index in [2.05, 4.69) is 0 Å². The molecule has 0 amide bonds. The van der Waals surface area contributed by atoms with Crippen molar-refractivity contribution in [1.82, 2.24) is 0 Å². The number of hydrogen-bond donors (Lipinski definition) is 1. The Morgan fingerprint density at radius 2 is 2.00 bits per heavy atom. The Morgan fingerprint density at radius 1 is 1.26 bits per heavy atom. The van der Waals surface area contributed by atoms with Crippen LogP contribution in [-0.4, -0.2) is 11.1 Å². The van der Waals surface area contributed by atoms with E-state index in [4.69, 9.17) is 16.7 Å². The number of rotatable bonds is 4. The molecule has 0 heterocycles. The van der Waals surface area contributed by atoms with E-state index in [1.165, 1.54) is 23.9 Å². The van der Waals surface area contributed by atoms with Crippen LogP contribution in [0, 0.1) is 5.82 Å². The highest BCUT2D eigenvalue weighted by atomic mass is 35.5. The number of carboxylic acids is 1. The van der Waals surface area contributed by atoms with Crippen molar-refractivity contribution in [3.05, 3.63) is 64.4 Å². The first kappa shape index (κ1) is 13.9. The lowest BCUT2D eigenvalue weighted by Gasteiger charge is -2.06. The number of aromatic carboxylic acids is 1. The molecule has 2 rings (SSSR count). The van der Waals surface area contributed by atoms with Gasteiger partial charge in [-0.15, -0.1) is 11.8 Å². The summed E-state index contributed by atoms with van der Waals surface area (Å²) in [5.41, 5.74) is 1.01. The van der Waals surface area contributed by atoms with Crippen molar-refractivity contribution < 1.29 is 14.3 Å². The van der Waals surface area contributed by atoms with Gasteiger partial charge in [-0.2, -0.15) is 0 Å². The van der Waals surface area contributed by atoms with E-state index in [-0.39, 0.29) is 10.6 Å². The zero-order valence-corrected chi connectivity index (χ0v) is 11.3. The van der Waals surface area contributed by atoms with Gasteiger partial charge in [0.2, 0.25) is 0 Å². The van der Waals surface area contributed by atoms with Crippen molar-refractivity contribution in [3.8, 4) is 0 Å². The van der Waals surface area contributed by atoms with Crippen molar-refractivity contribution in [2.75, 3.05) is 0 Å². The summed E-state index contributed by atoms with van der Waals surface area (Å²) in [5, 5.41) is 9.14. The van der Waals surface area contributed by atoms with E-state index < -0.39 is 11.8 Å². The lowest BCUT2D eigenvalue weighted by Crippen LogP contribution is -1.98. The quantitative estimate of drug-likeness (QED) is 0.846. The van der Waals surface area contributed by atoms with Crippen molar-refractivity contribution in [1.29, 1.82) is 0 Å². The number of carboxylic acid groups (broad SMARTS) is 1. The molecule has 0 aliphatic rings. The average molecular weight is 297 g/mol. The highest BCUT2D eigenvalue weighted by molar-refractivity contribution is 7.98. The first-order chi connectivity index (χ1) is 9.08. The van der Waals surface area contributed by atoms with Crippen molar-refractivity contribution >= 4 is 29.3 Å². The molecule has 0 fully saturated rings. The Hall–Kier alpha value is -1.52. The summed E-state index contributed by atoms with van der Waals surface area (Å²) in [5.74, 6) is -0.949. The largest absolute Gasteiger partial charge is 0.478 e. The normalized spacial score (nSPS) is 10.4. The minimum Gasteiger partial charge on any atom is -0.478 e. The maximum absolute atomic E-state index is 13.3. The fraction of sp³-hybridized carbons (Fsp3) is 0.0714. The van der Waals surface area contributed by atoms with Crippen LogP contribution in [0.15, 0.2) is 47.4 Å². The van der Waals surface area contributed by atoms with Gasteiger partial charge in [0.15, 0.2) is 0 Å². The van der Waals surface area contributed by atoms with Gasteiger partial charge in [0.1, 0.15) is 5.82 Å². The van der Waals surface area contributed by atoms with Crippen LogP contribution in [0.4, 0.5) is 4.39 Å². The molecule has 2 aromatic rings.